The second-order valence-electron chi connectivity index (χ2n) is 5.86. The van der Waals surface area contributed by atoms with Crippen molar-refractivity contribution >= 4 is 11.8 Å². The van der Waals surface area contributed by atoms with Crippen molar-refractivity contribution in [3.05, 3.63) is 40.4 Å². The number of carbonyl (C=O) groups is 2. The maximum absolute atomic E-state index is 12.3. The van der Waals surface area contributed by atoms with Gasteiger partial charge in [0.05, 0.1) is 37.0 Å². The number of ether oxygens (including phenoxy) is 1. The van der Waals surface area contributed by atoms with Gasteiger partial charge >= 0.3 is 0 Å². The quantitative estimate of drug-likeness (QED) is 0.846. The Labute approximate surface area is 145 Å². The van der Waals surface area contributed by atoms with Gasteiger partial charge in [0.2, 0.25) is 11.8 Å². The zero-order valence-corrected chi connectivity index (χ0v) is 14.5. The number of hydrogen-bond donors (Lipinski definition) is 1. The second kappa shape index (κ2) is 6.92. The van der Waals surface area contributed by atoms with Crippen LogP contribution in [0.1, 0.15) is 40.0 Å². The molecule has 2 aromatic heterocycles. The monoisotopic (exact) mass is 344 g/mol. The Balaban J connectivity index is 1.71. The van der Waals surface area contributed by atoms with Gasteiger partial charge in [-0.3, -0.25) is 9.59 Å². The molecule has 25 heavy (non-hydrogen) atoms. The summed E-state index contributed by atoms with van der Waals surface area (Å²) in [6.07, 6.45) is 0.101. The van der Waals surface area contributed by atoms with Crippen LogP contribution in [0.15, 0.2) is 16.7 Å². The summed E-state index contributed by atoms with van der Waals surface area (Å²) in [5.74, 6) is 0.667. The fourth-order valence-corrected chi connectivity index (χ4v) is 2.78. The fourth-order valence-electron chi connectivity index (χ4n) is 2.78. The van der Waals surface area contributed by atoms with Crippen LogP contribution in [0.5, 0.6) is 5.88 Å². The predicted molar refractivity (Wildman–Crippen MR) is 88.0 cm³/mol. The van der Waals surface area contributed by atoms with Crippen LogP contribution in [0.4, 0.5) is 0 Å². The van der Waals surface area contributed by atoms with Crippen LogP contribution in [-0.4, -0.2) is 40.5 Å². The minimum Gasteiger partial charge on any atom is -0.481 e. The second-order valence-corrected chi connectivity index (χ2v) is 5.86. The van der Waals surface area contributed by atoms with E-state index in [0.29, 0.717) is 41.6 Å². The molecule has 0 bridgehead atoms. The Morgan fingerprint density at radius 1 is 1.44 bits per heavy atom. The fraction of sp³-hybridized carbons (Fsp3) is 0.412. The van der Waals surface area contributed by atoms with Gasteiger partial charge in [-0.2, -0.15) is 0 Å². The van der Waals surface area contributed by atoms with E-state index in [-0.39, 0.29) is 24.8 Å². The average molecular weight is 344 g/mol. The zero-order valence-electron chi connectivity index (χ0n) is 14.5. The summed E-state index contributed by atoms with van der Waals surface area (Å²) in [6.45, 7) is 5.05. The number of methoxy groups -OCH3 is 1. The molecule has 8 nitrogen and oxygen atoms in total. The number of nitrogens with zero attached hydrogens (tertiary/aromatic N) is 3. The highest BCUT2D eigenvalue weighted by atomic mass is 16.5. The van der Waals surface area contributed by atoms with Crippen molar-refractivity contribution in [1.29, 1.82) is 0 Å². The third-order valence-electron chi connectivity index (χ3n) is 4.06. The minimum atomic E-state index is -0.208. The summed E-state index contributed by atoms with van der Waals surface area (Å²) in [6, 6.07) is 3.47. The van der Waals surface area contributed by atoms with E-state index in [2.05, 4.69) is 15.5 Å². The molecule has 0 saturated heterocycles. The van der Waals surface area contributed by atoms with E-state index in [1.807, 2.05) is 6.92 Å². The van der Waals surface area contributed by atoms with E-state index in [1.165, 1.54) is 7.11 Å². The van der Waals surface area contributed by atoms with Gasteiger partial charge in [0.25, 0.3) is 5.91 Å². The Morgan fingerprint density at radius 2 is 2.24 bits per heavy atom. The normalized spacial score (nSPS) is 13.1. The number of pyridine rings is 1. The molecule has 0 spiro atoms. The van der Waals surface area contributed by atoms with Gasteiger partial charge in [-0.25, -0.2) is 4.98 Å². The van der Waals surface area contributed by atoms with Crippen LogP contribution in [0, 0.1) is 6.92 Å². The molecule has 1 N–H and O–H groups in total. The average Bonchev–Trinajstić information content (AvgIpc) is 3.15. The SMILES string of the molecule is CCN1Cc2nc(OC)c(CNC(=O)Cc3cc(C)no3)cc2C1=O. The van der Waals surface area contributed by atoms with Gasteiger partial charge in [0, 0.05) is 24.7 Å². The highest BCUT2D eigenvalue weighted by Gasteiger charge is 2.29. The predicted octanol–water partition coefficient (Wildman–Crippen LogP) is 1.22. The Kier molecular flexibility index (Phi) is 4.69. The molecule has 3 heterocycles. The van der Waals surface area contributed by atoms with E-state index in [9.17, 15) is 9.59 Å². The zero-order chi connectivity index (χ0) is 18.0. The summed E-state index contributed by atoms with van der Waals surface area (Å²) in [5, 5.41) is 6.54. The van der Waals surface area contributed by atoms with Crippen molar-refractivity contribution in [2.75, 3.05) is 13.7 Å². The molecule has 8 heteroatoms. The highest BCUT2D eigenvalue weighted by molar-refractivity contribution is 5.98. The van der Waals surface area contributed by atoms with Crippen LogP contribution in [0.3, 0.4) is 0 Å². The Hall–Kier alpha value is -2.90. The smallest absolute Gasteiger partial charge is 0.256 e. The van der Waals surface area contributed by atoms with Crippen LogP contribution in [0.2, 0.25) is 0 Å². The van der Waals surface area contributed by atoms with Crippen LogP contribution in [0.25, 0.3) is 0 Å². The molecule has 1 aliphatic heterocycles. The lowest BCUT2D eigenvalue weighted by Crippen LogP contribution is -2.25. The molecule has 0 aromatic carbocycles. The molecule has 1 aliphatic rings. The largest absolute Gasteiger partial charge is 0.481 e. The van der Waals surface area contributed by atoms with Crippen molar-refractivity contribution in [3.8, 4) is 5.88 Å². The molecule has 0 unspecified atom stereocenters. The number of carbonyl (C=O) groups excluding carboxylic acids is 2. The van der Waals surface area contributed by atoms with E-state index in [4.69, 9.17) is 9.26 Å². The first-order valence-electron chi connectivity index (χ1n) is 8.06. The minimum absolute atomic E-state index is 0.0441. The van der Waals surface area contributed by atoms with Gasteiger partial charge in [-0.05, 0) is 19.9 Å². The van der Waals surface area contributed by atoms with Gasteiger partial charge < -0.3 is 19.5 Å². The lowest BCUT2D eigenvalue weighted by molar-refractivity contribution is -0.120. The van der Waals surface area contributed by atoms with Crippen molar-refractivity contribution in [1.82, 2.24) is 20.4 Å². The lowest BCUT2D eigenvalue weighted by Gasteiger charge is -2.10. The lowest BCUT2D eigenvalue weighted by atomic mass is 10.1. The summed E-state index contributed by atoms with van der Waals surface area (Å²) in [7, 11) is 1.52. The molecule has 0 radical (unpaired) electrons. The number of aryl methyl sites for hydroxylation is 1. The molecule has 0 saturated carbocycles. The maximum atomic E-state index is 12.3. The van der Waals surface area contributed by atoms with Crippen molar-refractivity contribution in [3.63, 3.8) is 0 Å². The van der Waals surface area contributed by atoms with Crippen LogP contribution in [-0.2, 0) is 24.3 Å². The number of rotatable bonds is 6. The van der Waals surface area contributed by atoms with Gasteiger partial charge in [-0.15, -0.1) is 0 Å². The topological polar surface area (TPSA) is 97.6 Å². The van der Waals surface area contributed by atoms with Gasteiger partial charge in [0.1, 0.15) is 5.76 Å². The number of nitrogens with one attached hydrogen (secondary N) is 1. The number of hydrogen-bond acceptors (Lipinski definition) is 6. The molecule has 2 amide bonds. The highest BCUT2D eigenvalue weighted by Crippen LogP contribution is 2.26. The van der Waals surface area contributed by atoms with Crippen LogP contribution < -0.4 is 10.1 Å². The Morgan fingerprint density at radius 3 is 2.88 bits per heavy atom. The molecule has 0 atom stereocenters. The molecule has 2 aromatic rings. The van der Waals surface area contributed by atoms with Crippen LogP contribution >= 0.6 is 0 Å². The first-order chi connectivity index (χ1) is 12.0. The molecule has 132 valence electrons. The number of aromatic nitrogens is 2. The molecule has 3 rings (SSSR count). The first-order valence-corrected chi connectivity index (χ1v) is 8.06. The van der Waals surface area contributed by atoms with E-state index >= 15 is 0 Å². The molecular weight excluding hydrogens is 324 g/mol. The maximum Gasteiger partial charge on any atom is 0.256 e. The van der Waals surface area contributed by atoms with Gasteiger partial charge in [-0.1, -0.05) is 5.16 Å². The first kappa shape index (κ1) is 16.9. The van der Waals surface area contributed by atoms with E-state index in [0.717, 1.165) is 5.69 Å². The van der Waals surface area contributed by atoms with Crippen molar-refractivity contribution in [2.45, 2.75) is 33.4 Å². The van der Waals surface area contributed by atoms with Crippen molar-refractivity contribution in [2.24, 2.45) is 0 Å². The third kappa shape index (κ3) is 3.47. The van der Waals surface area contributed by atoms with Crippen molar-refractivity contribution < 1.29 is 18.8 Å². The van der Waals surface area contributed by atoms with E-state index < -0.39 is 0 Å². The standard InChI is InChI=1S/C17H20N4O4/c1-4-21-9-14-13(17(21)23)6-11(16(19-14)24-3)8-18-15(22)7-12-5-10(2)20-25-12/h5-6H,4,7-9H2,1-3H3,(H,18,22). The number of amides is 2. The van der Waals surface area contributed by atoms with E-state index in [1.54, 1.807) is 24.0 Å². The molecule has 0 fully saturated rings. The third-order valence-corrected chi connectivity index (χ3v) is 4.06. The summed E-state index contributed by atoms with van der Waals surface area (Å²) in [5.41, 5.74) is 2.66. The molecular formula is C17H20N4O4. The summed E-state index contributed by atoms with van der Waals surface area (Å²) < 4.78 is 10.3. The Bertz CT molecular complexity index is 815. The number of fused-ring (bicyclic) bond motifs is 1. The van der Waals surface area contributed by atoms with Gasteiger partial charge in [0.15, 0.2) is 0 Å². The molecule has 0 aliphatic carbocycles. The summed E-state index contributed by atoms with van der Waals surface area (Å²) in [4.78, 5) is 30.5. The summed E-state index contributed by atoms with van der Waals surface area (Å²) >= 11 is 0.